The van der Waals surface area contributed by atoms with Gasteiger partial charge in [-0.3, -0.25) is 4.90 Å². The third-order valence-electron chi connectivity index (χ3n) is 9.98. The predicted octanol–water partition coefficient (Wildman–Crippen LogP) is 7.72. The molecule has 6 nitrogen and oxygen atoms in total. The number of methoxy groups -OCH3 is 4. The Bertz CT molecular complexity index is 1280. The first kappa shape index (κ1) is 32.2. The Hall–Kier alpha value is -2.16. The summed E-state index contributed by atoms with van der Waals surface area (Å²) in [7, 11) is 6.93. The summed E-state index contributed by atoms with van der Waals surface area (Å²) in [5.41, 5.74) is 5.52. The number of fused-ring (bicyclic) bond motifs is 4. The minimum atomic E-state index is 0.224. The monoisotopic (exact) mass is 626 g/mol. The predicted molar refractivity (Wildman–Crippen MR) is 181 cm³/mol. The maximum Gasteiger partial charge on any atom is 0.161 e. The highest BCUT2D eigenvalue weighted by molar-refractivity contribution is 8.22. The third kappa shape index (κ3) is 6.76. The molecule has 0 radical (unpaired) electrons. The fraction of sp³-hybridized carbons (Fsp3) is 0.629. The van der Waals surface area contributed by atoms with Gasteiger partial charge in [-0.1, -0.05) is 51.2 Å². The van der Waals surface area contributed by atoms with Gasteiger partial charge in [0.25, 0.3) is 0 Å². The average Bonchev–Trinajstić information content (AvgIpc) is 3.02. The first-order valence-electron chi connectivity index (χ1n) is 16.0. The highest BCUT2D eigenvalue weighted by Gasteiger charge is 2.41. The first-order chi connectivity index (χ1) is 20.8. The van der Waals surface area contributed by atoms with Crippen molar-refractivity contribution in [3.63, 3.8) is 0 Å². The number of thioether (sulfide) groups is 1. The second-order valence-corrected chi connectivity index (χ2v) is 14.5. The molecule has 0 N–H and O–H groups in total. The molecule has 0 saturated carbocycles. The molecule has 0 aliphatic carbocycles. The first-order valence-corrected chi connectivity index (χ1v) is 17.4. The third-order valence-corrected chi connectivity index (χ3v) is 11.5. The van der Waals surface area contributed by atoms with Crippen LogP contribution in [0, 0.1) is 17.8 Å². The van der Waals surface area contributed by atoms with E-state index in [1.54, 1.807) is 28.4 Å². The van der Waals surface area contributed by atoms with E-state index in [2.05, 4.69) is 54.8 Å². The van der Waals surface area contributed by atoms with Gasteiger partial charge in [-0.05, 0) is 96.4 Å². The summed E-state index contributed by atoms with van der Waals surface area (Å²) in [4.78, 5) is 5.27. The lowest BCUT2D eigenvalue weighted by atomic mass is 9.72. The van der Waals surface area contributed by atoms with Crippen LogP contribution in [0.25, 0.3) is 0 Å². The zero-order valence-electron chi connectivity index (χ0n) is 27.1. The van der Waals surface area contributed by atoms with Crippen molar-refractivity contribution in [3.8, 4) is 23.0 Å². The van der Waals surface area contributed by atoms with Crippen LogP contribution in [0.1, 0.15) is 80.8 Å². The Morgan fingerprint density at radius 2 is 1.44 bits per heavy atom. The van der Waals surface area contributed by atoms with Crippen molar-refractivity contribution in [2.24, 2.45) is 17.8 Å². The molecule has 1 saturated heterocycles. The summed E-state index contributed by atoms with van der Waals surface area (Å²) >= 11 is 8.02. The van der Waals surface area contributed by atoms with Crippen molar-refractivity contribution >= 4 is 28.3 Å². The number of hydrogen-bond donors (Lipinski definition) is 0. The van der Waals surface area contributed by atoms with Crippen molar-refractivity contribution in [1.82, 2.24) is 9.80 Å². The van der Waals surface area contributed by atoms with Gasteiger partial charge in [0.2, 0.25) is 0 Å². The molecule has 1 fully saturated rings. The average molecular weight is 627 g/mol. The van der Waals surface area contributed by atoms with Gasteiger partial charge < -0.3 is 23.8 Å². The molecule has 236 valence electrons. The lowest BCUT2D eigenvalue weighted by Gasteiger charge is -2.49. The largest absolute Gasteiger partial charge is 0.493 e. The number of rotatable bonds is 10. The molecule has 2 aromatic rings. The summed E-state index contributed by atoms with van der Waals surface area (Å²) in [6.07, 6.45) is 6.60. The van der Waals surface area contributed by atoms with E-state index >= 15 is 0 Å². The van der Waals surface area contributed by atoms with E-state index in [-0.39, 0.29) is 6.04 Å². The molecule has 5 rings (SSSR count). The molecule has 3 heterocycles. The van der Waals surface area contributed by atoms with E-state index in [0.717, 1.165) is 78.4 Å². The highest BCUT2D eigenvalue weighted by Crippen LogP contribution is 2.49. The number of hydrogen-bond acceptors (Lipinski definition) is 7. The molecule has 3 aliphatic heterocycles. The standard InChI is InChI=1S/C35H50N2O4S2/c1-8-23-21-36-12-9-24-17-31(38-4)33(40-6)19-27(24)29(36)15-26(23)16-30-28-20-34(41-7)32(39-5)18-25(28)10-13-37(30)35(42)43-14-11-22(2)3/h17-20,22-23,26,29-30H,8-16,21H2,1-7H3. The van der Waals surface area contributed by atoms with E-state index in [1.165, 1.54) is 35.1 Å². The van der Waals surface area contributed by atoms with Gasteiger partial charge in [0, 0.05) is 31.4 Å². The van der Waals surface area contributed by atoms with E-state index in [0.29, 0.717) is 23.8 Å². The number of ether oxygens (including phenoxy) is 4. The van der Waals surface area contributed by atoms with Crippen LogP contribution in [0.4, 0.5) is 0 Å². The Morgan fingerprint density at radius 1 is 0.860 bits per heavy atom. The number of nitrogens with zero attached hydrogens (tertiary/aromatic N) is 2. The molecule has 4 atom stereocenters. The van der Waals surface area contributed by atoms with Gasteiger partial charge in [0.15, 0.2) is 23.0 Å². The second-order valence-electron chi connectivity index (χ2n) is 12.7. The fourth-order valence-corrected chi connectivity index (χ4v) is 9.12. The molecule has 4 unspecified atom stereocenters. The van der Waals surface area contributed by atoms with Crippen LogP contribution < -0.4 is 18.9 Å². The van der Waals surface area contributed by atoms with E-state index in [9.17, 15) is 0 Å². The molecule has 0 bridgehead atoms. The summed E-state index contributed by atoms with van der Waals surface area (Å²) in [5, 5.41) is 0. The van der Waals surface area contributed by atoms with Crippen LogP contribution in [0.15, 0.2) is 24.3 Å². The topological polar surface area (TPSA) is 43.4 Å². The van der Waals surface area contributed by atoms with E-state index in [4.69, 9.17) is 31.2 Å². The Balaban J connectivity index is 1.48. The van der Waals surface area contributed by atoms with Crippen molar-refractivity contribution < 1.29 is 18.9 Å². The molecule has 43 heavy (non-hydrogen) atoms. The Kier molecular flexibility index (Phi) is 10.7. The molecule has 0 amide bonds. The fourth-order valence-electron chi connectivity index (χ4n) is 7.51. The lowest BCUT2D eigenvalue weighted by Crippen LogP contribution is -2.47. The van der Waals surface area contributed by atoms with Gasteiger partial charge >= 0.3 is 0 Å². The number of piperidine rings is 1. The minimum Gasteiger partial charge on any atom is -0.493 e. The summed E-state index contributed by atoms with van der Waals surface area (Å²) in [6, 6.07) is 9.50. The van der Waals surface area contributed by atoms with Crippen LogP contribution in [0.5, 0.6) is 23.0 Å². The van der Waals surface area contributed by atoms with Gasteiger partial charge in [-0.2, -0.15) is 0 Å². The minimum absolute atomic E-state index is 0.224. The Morgan fingerprint density at radius 3 is 2.05 bits per heavy atom. The molecule has 2 aromatic carbocycles. The summed E-state index contributed by atoms with van der Waals surface area (Å²) in [6.45, 7) is 10.1. The van der Waals surface area contributed by atoms with Crippen LogP contribution >= 0.6 is 24.0 Å². The van der Waals surface area contributed by atoms with Gasteiger partial charge in [0.1, 0.15) is 4.32 Å². The van der Waals surface area contributed by atoms with Crippen molar-refractivity contribution in [1.29, 1.82) is 0 Å². The SMILES string of the molecule is CCC1CN2CCc3cc(OC)c(OC)cc3C2CC1CC1c2cc(OC)c(OC)cc2CCN1C(=S)SCCC(C)C. The summed E-state index contributed by atoms with van der Waals surface area (Å²) in [5.74, 6) is 6.23. The number of thiocarbonyl (C=S) groups is 1. The highest BCUT2D eigenvalue weighted by atomic mass is 32.2. The van der Waals surface area contributed by atoms with Gasteiger partial charge in [-0.15, -0.1) is 0 Å². The normalized spacial score (nSPS) is 23.3. The lowest BCUT2D eigenvalue weighted by molar-refractivity contribution is 0.0381. The van der Waals surface area contributed by atoms with Gasteiger partial charge in [-0.25, -0.2) is 0 Å². The van der Waals surface area contributed by atoms with Crippen LogP contribution in [-0.4, -0.2) is 67.9 Å². The smallest absolute Gasteiger partial charge is 0.161 e. The van der Waals surface area contributed by atoms with Crippen LogP contribution in [0.3, 0.4) is 0 Å². The van der Waals surface area contributed by atoms with Crippen molar-refractivity contribution in [2.75, 3.05) is 53.8 Å². The molecule has 3 aliphatic rings. The molecule has 0 aromatic heterocycles. The van der Waals surface area contributed by atoms with Crippen molar-refractivity contribution in [3.05, 3.63) is 46.5 Å². The molecular formula is C35H50N2O4S2. The van der Waals surface area contributed by atoms with Gasteiger partial charge in [0.05, 0.1) is 34.5 Å². The maximum absolute atomic E-state index is 6.16. The van der Waals surface area contributed by atoms with Crippen molar-refractivity contribution in [2.45, 2.75) is 71.4 Å². The van der Waals surface area contributed by atoms with Crippen LogP contribution in [0.2, 0.25) is 0 Å². The van der Waals surface area contributed by atoms with E-state index in [1.807, 2.05) is 11.8 Å². The zero-order valence-corrected chi connectivity index (χ0v) is 28.7. The Labute approximate surface area is 268 Å². The quantitative estimate of drug-likeness (QED) is 0.249. The maximum atomic E-state index is 6.16. The summed E-state index contributed by atoms with van der Waals surface area (Å²) < 4.78 is 24.0. The number of benzene rings is 2. The zero-order chi connectivity index (χ0) is 30.7. The molecule has 0 spiro atoms. The van der Waals surface area contributed by atoms with E-state index < -0.39 is 0 Å². The molecular weight excluding hydrogens is 577 g/mol. The second kappa shape index (κ2) is 14.3. The van der Waals surface area contributed by atoms with Crippen LogP contribution in [-0.2, 0) is 12.8 Å². The molecule has 8 heteroatoms.